The number of hydrogen-bond acceptors (Lipinski definition) is 9. The molecule has 0 radical (unpaired) electrons. The van der Waals surface area contributed by atoms with Crippen LogP contribution in [-0.4, -0.2) is 48.9 Å². The molecule has 216 valence electrons. The Balaban J connectivity index is 1.61. The number of benzene rings is 2. The Kier molecular flexibility index (Phi) is 7.35. The first-order valence-electron chi connectivity index (χ1n) is 12.6. The second-order valence-electron chi connectivity index (χ2n) is 9.31. The van der Waals surface area contributed by atoms with E-state index in [1.54, 1.807) is 69.6 Å². The number of aryl methyl sites for hydroxylation is 2. The molecule has 5 aromatic rings. The fraction of sp³-hybridized carbons (Fsp3) is 0.214. The minimum absolute atomic E-state index is 0.185. The number of pyridine rings is 1. The lowest BCUT2D eigenvalue weighted by molar-refractivity contribution is -0.396. The van der Waals surface area contributed by atoms with Gasteiger partial charge in [0.25, 0.3) is 0 Å². The topological polar surface area (TPSA) is 149 Å². The summed E-state index contributed by atoms with van der Waals surface area (Å²) in [6.45, 7) is 1.52. The largest absolute Gasteiger partial charge is 0.497 e. The number of carbonyl (C=O) groups is 1. The molecule has 0 aliphatic carbocycles. The molecule has 0 bridgehead atoms. The summed E-state index contributed by atoms with van der Waals surface area (Å²) in [7, 11) is 6.19. The van der Waals surface area contributed by atoms with Gasteiger partial charge in [0.2, 0.25) is 0 Å². The van der Waals surface area contributed by atoms with Gasteiger partial charge in [-0.15, -0.1) is 0 Å². The molecule has 1 amide bonds. The number of fused-ring (bicyclic) bond motifs is 1. The smallest absolute Gasteiger partial charge is 0.434 e. The number of nitrogens with zero attached hydrogens (tertiary/aromatic N) is 7. The third-order valence-corrected chi connectivity index (χ3v) is 6.88. The van der Waals surface area contributed by atoms with Crippen molar-refractivity contribution < 1.29 is 23.9 Å². The van der Waals surface area contributed by atoms with Crippen LogP contribution in [0.5, 0.6) is 11.5 Å². The van der Waals surface area contributed by atoms with Crippen molar-refractivity contribution in [3.05, 3.63) is 92.8 Å². The summed E-state index contributed by atoms with van der Waals surface area (Å²) in [6, 6.07) is 13.8. The molecule has 0 aliphatic heterocycles. The van der Waals surface area contributed by atoms with Crippen molar-refractivity contribution in [2.24, 2.45) is 14.1 Å². The van der Waals surface area contributed by atoms with E-state index in [1.807, 2.05) is 0 Å². The lowest BCUT2D eigenvalue weighted by Crippen LogP contribution is -2.28. The van der Waals surface area contributed by atoms with Crippen LogP contribution in [0.4, 0.5) is 22.2 Å². The van der Waals surface area contributed by atoms with Crippen LogP contribution < -0.4 is 20.1 Å². The van der Waals surface area contributed by atoms with Crippen LogP contribution in [0.1, 0.15) is 11.3 Å². The molecule has 5 rings (SSSR count). The van der Waals surface area contributed by atoms with E-state index < -0.39 is 11.0 Å². The summed E-state index contributed by atoms with van der Waals surface area (Å²) < 4.78 is 20.4. The van der Waals surface area contributed by atoms with Gasteiger partial charge in [0.1, 0.15) is 23.5 Å². The number of rotatable bonds is 8. The van der Waals surface area contributed by atoms with Gasteiger partial charge in [0.05, 0.1) is 49.9 Å². The lowest BCUT2D eigenvalue weighted by Gasteiger charge is -2.23. The Morgan fingerprint density at radius 1 is 0.952 bits per heavy atom. The number of methoxy groups -OCH3 is 2. The maximum absolute atomic E-state index is 13.7. The second kappa shape index (κ2) is 11.1. The number of nitro groups is 1. The molecular formula is C28H27N7O7. The van der Waals surface area contributed by atoms with Crippen LogP contribution in [0.3, 0.4) is 0 Å². The van der Waals surface area contributed by atoms with Crippen molar-refractivity contribution in [1.82, 2.24) is 23.7 Å². The highest BCUT2D eigenvalue weighted by atomic mass is 16.6. The Morgan fingerprint density at radius 3 is 2.26 bits per heavy atom. The third-order valence-electron chi connectivity index (χ3n) is 6.88. The van der Waals surface area contributed by atoms with Crippen LogP contribution >= 0.6 is 0 Å². The summed E-state index contributed by atoms with van der Waals surface area (Å²) >= 11 is 0. The van der Waals surface area contributed by atoms with Crippen molar-refractivity contribution in [2.75, 3.05) is 19.1 Å². The molecule has 42 heavy (non-hydrogen) atoms. The monoisotopic (exact) mass is 573 g/mol. The van der Waals surface area contributed by atoms with Gasteiger partial charge in [0, 0.05) is 13.1 Å². The molecule has 3 aromatic heterocycles. The van der Waals surface area contributed by atoms with Gasteiger partial charge in [-0.25, -0.2) is 24.0 Å². The van der Waals surface area contributed by atoms with Crippen molar-refractivity contribution in [3.8, 4) is 17.2 Å². The standard InChI is InChI=1S/C28H27N7O7/c1-17-12-21(41-5)10-11-22(17)34(28(37)42-16-19-14-30-26(31(19)2)35(38)39)25-13-23-24(15-29-25)32(3)27(36)33(23)18-6-8-20(40-4)9-7-18/h6-15H,16H2,1-5H3. The number of hydrogen-bond donors (Lipinski definition) is 0. The third kappa shape index (κ3) is 4.89. The zero-order valence-electron chi connectivity index (χ0n) is 23.5. The first-order chi connectivity index (χ1) is 20.1. The van der Waals surface area contributed by atoms with Crippen LogP contribution in [0, 0.1) is 17.0 Å². The van der Waals surface area contributed by atoms with E-state index in [2.05, 4.69) is 9.97 Å². The number of anilines is 2. The summed E-state index contributed by atoms with van der Waals surface area (Å²) in [4.78, 5) is 47.1. The molecule has 14 heteroatoms. The summed E-state index contributed by atoms with van der Waals surface area (Å²) in [6.07, 6.45) is 1.99. The maximum atomic E-state index is 13.7. The summed E-state index contributed by atoms with van der Waals surface area (Å²) in [5, 5.41) is 11.2. The number of aromatic nitrogens is 5. The quantitative estimate of drug-likeness (QED) is 0.197. The van der Waals surface area contributed by atoms with E-state index in [4.69, 9.17) is 14.2 Å². The zero-order valence-corrected chi connectivity index (χ0v) is 23.5. The molecule has 0 saturated heterocycles. The van der Waals surface area contributed by atoms with Crippen molar-refractivity contribution in [3.63, 3.8) is 0 Å². The van der Waals surface area contributed by atoms with Crippen molar-refractivity contribution >= 4 is 34.6 Å². The number of amides is 1. The number of ether oxygens (including phenoxy) is 3. The van der Waals surface area contributed by atoms with Gasteiger partial charge >= 0.3 is 17.7 Å². The highest BCUT2D eigenvalue weighted by Crippen LogP contribution is 2.33. The SMILES string of the molecule is COc1ccc(-n2c(=O)n(C)c3cnc(N(C(=O)OCc4cnc([N+](=O)[O-])n4C)c4ccc(OC)cc4C)cc32)cc1. The van der Waals surface area contributed by atoms with Gasteiger partial charge in [-0.05, 0) is 59.9 Å². The average molecular weight is 574 g/mol. The van der Waals surface area contributed by atoms with Crippen molar-refractivity contribution in [2.45, 2.75) is 13.5 Å². The molecule has 14 nitrogen and oxygen atoms in total. The van der Waals surface area contributed by atoms with E-state index in [9.17, 15) is 19.7 Å². The molecule has 0 aliphatic rings. The van der Waals surface area contributed by atoms with E-state index >= 15 is 0 Å². The molecule has 0 unspecified atom stereocenters. The highest BCUT2D eigenvalue weighted by Gasteiger charge is 2.26. The minimum Gasteiger partial charge on any atom is -0.497 e. The Morgan fingerprint density at radius 2 is 1.64 bits per heavy atom. The number of imidazole rings is 2. The van der Waals surface area contributed by atoms with Crippen LogP contribution in [0.25, 0.3) is 16.7 Å². The fourth-order valence-corrected chi connectivity index (χ4v) is 4.58. The summed E-state index contributed by atoms with van der Waals surface area (Å²) in [5.74, 6) is 1.03. The van der Waals surface area contributed by atoms with Crippen LogP contribution in [0.15, 0.2) is 65.7 Å². The summed E-state index contributed by atoms with van der Waals surface area (Å²) in [5.41, 5.74) is 2.80. The lowest BCUT2D eigenvalue weighted by atomic mass is 10.1. The van der Waals surface area contributed by atoms with Crippen LogP contribution in [0.2, 0.25) is 0 Å². The molecule has 0 N–H and O–H groups in total. The molecule has 0 saturated carbocycles. The Labute approximate surface area is 239 Å². The van der Waals surface area contributed by atoms with Gasteiger partial charge in [-0.2, -0.15) is 0 Å². The average Bonchev–Trinajstić information content (AvgIpc) is 3.48. The first kappa shape index (κ1) is 27.9. The first-order valence-corrected chi connectivity index (χ1v) is 12.6. The fourth-order valence-electron chi connectivity index (χ4n) is 4.58. The molecule has 0 spiro atoms. The Hall–Kier alpha value is -5.66. The van der Waals surface area contributed by atoms with Gasteiger partial charge in [-0.1, -0.05) is 4.98 Å². The van der Waals surface area contributed by atoms with E-state index in [0.29, 0.717) is 45.2 Å². The van der Waals surface area contributed by atoms with Crippen LogP contribution in [-0.2, 0) is 25.4 Å². The van der Waals surface area contributed by atoms with Gasteiger partial charge in [-0.3, -0.25) is 9.13 Å². The predicted octanol–water partition coefficient (Wildman–Crippen LogP) is 4.17. The predicted molar refractivity (Wildman–Crippen MR) is 153 cm³/mol. The molecule has 2 aromatic carbocycles. The second-order valence-corrected chi connectivity index (χ2v) is 9.31. The number of carbonyl (C=O) groups excluding carboxylic acids is 1. The van der Waals surface area contributed by atoms with E-state index in [1.165, 1.54) is 45.2 Å². The van der Waals surface area contributed by atoms with E-state index in [0.717, 1.165) is 0 Å². The molecule has 0 atom stereocenters. The molecule has 0 fully saturated rings. The van der Waals surface area contributed by atoms with Crippen molar-refractivity contribution in [1.29, 1.82) is 0 Å². The molecular weight excluding hydrogens is 546 g/mol. The van der Waals surface area contributed by atoms with E-state index in [-0.39, 0.29) is 24.1 Å². The minimum atomic E-state index is -0.798. The van der Waals surface area contributed by atoms with Gasteiger partial charge < -0.3 is 24.3 Å². The highest BCUT2D eigenvalue weighted by molar-refractivity contribution is 5.97. The zero-order chi connectivity index (χ0) is 30.1. The normalized spacial score (nSPS) is 11.0. The maximum Gasteiger partial charge on any atom is 0.434 e. The Bertz CT molecular complexity index is 1870. The van der Waals surface area contributed by atoms with Gasteiger partial charge in [0.15, 0.2) is 12.3 Å². The molecule has 3 heterocycles.